The molecule has 0 unspecified atom stereocenters. The molecule has 7 nitrogen and oxygen atoms in total. The summed E-state index contributed by atoms with van der Waals surface area (Å²) in [6.45, 7) is 5.94. The lowest BCUT2D eigenvalue weighted by Crippen LogP contribution is -2.51. The van der Waals surface area contributed by atoms with Gasteiger partial charge in [0.25, 0.3) is 0 Å². The Hall–Kier alpha value is -3.01. The van der Waals surface area contributed by atoms with E-state index in [2.05, 4.69) is 5.32 Å². The van der Waals surface area contributed by atoms with E-state index < -0.39 is 27.7 Å². The molecule has 0 saturated carbocycles. The third kappa shape index (κ3) is 9.10. The minimum atomic E-state index is -3.81. The smallest absolute Gasteiger partial charge is 0.243 e. The molecule has 0 radical (unpaired) electrons. The fourth-order valence-corrected chi connectivity index (χ4v) is 4.94. The Labute approximate surface area is 218 Å². The third-order valence-electron chi connectivity index (χ3n) is 6.21. The molecule has 2 aromatic carbocycles. The lowest BCUT2D eigenvalue weighted by atomic mass is 10.1. The van der Waals surface area contributed by atoms with Gasteiger partial charge in [-0.3, -0.25) is 13.9 Å². The van der Waals surface area contributed by atoms with Gasteiger partial charge in [-0.1, -0.05) is 44.2 Å². The van der Waals surface area contributed by atoms with E-state index in [9.17, 15) is 26.8 Å². The number of nitrogens with zero attached hydrogens (tertiary/aromatic N) is 2. The average Bonchev–Trinajstić information content (AvgIpc) is 2.85. The van der Waals surface area contributed by atoms with Crippen molar-refractivity contribution in [3.8, 4) is 0 Å². The first-order valence-corrected chi connectivity index (χ1v) is 14.4. The number of nitrogens with one attached hydrogen (secondary N) is 1. The van der Waals surface area contributed by atoms with Crippen LogP contribution in [0.1, 0.15) is 52.0 Å². The van der Waals surface area contributed by atoms with Crippen LogP contribution in [0.15, 0.2) is 48.5 Å². The number of rotatable bonds is 14. The topological polar surface area (TPSA) is 86.8 Å². The van der Waals surface area contributed by atoms with Gasteiger partial charge in [0.2, 0.25) is 21.8 Å². The Morgan fingerprint density at radius 1 is 0.973 bits per heavy atom. The zero-order valence-corrected chi connectivity index (χ0v) is 22.7. The van der Waals surface area contributed by atoms with Crippen molar-refractivity contribution in [3.63, 3.8) is 0 Å². The van der Waals surface area contributed by atoms with Crippen LogP contribution < -0.4 is 9.62 Å². The first kappa shape index (κ1) is 30.2. The summed E-state index contributed by atoms with van der Waals surface area (Å²) in [6.07, 6.45) is 2.82. The highest BCUT2D eigenvalue weighted by Gasteiger charge is 2.29. The fraction of sp³-hybridized carbons (Fsp3) is 0.481. The highest BCUT2D eigenvalue weighted by Crippen LogP contribution is 2.21. The molecule has 0 aromatic heterocycles. The molecule has 0 aliphatic carbocycles. The van der Waals surface area contributed by atoms with Crippen LogP contribution in [-0.2, 0) is 26.0 Å². The number of hydrogen-bond donors (Lipinski definition) is 1. The van der Waals surface area contributed by atoms with Crippen LogP contribution in [0, 0.1) is 11.6 Å². The monoisotopic (exact) mass is 537 g/mol. The molecule has 37 heavy (non-hydrogen) atoms. The SMILES string of the molecule is CC[C@H](C(=O)N[C@@H](C)CC)N(CCc1ccccc1)C(=O)CCCN(c1ccc(F)c(F)c1)S(C)(=O)=O. The number of sulfonamides is 1. The van der Waals surface area contributed by atoms with Gasteiger partial charge in [0.1, 0.15) is 6.04 Å². The summed E-state index contributed by atoms with van der Waals surface area (Å²) < 4.78 is 52.7. The summed E-state index contributed by atoms with van der Waals surface area (Å²) >= 11 is 0. The lowest BCUT2D eigenvalue weighted by molar-refractivity contribution is -0.141. The van der Waals surface area contributed by atoms with Gasteiger partial charge in [0, 0.05) is 31.6 Å². The van der Waals surface area contributed by atoms with E-state index in [-0.39, 0.29) is 42.9 Å². The molecule has 2 rings (SSSR count). The van der Waals surface area contributed by atoms with Crippen molar-refractivity contribution in [3.05, 3.63) is 65.7 Å². The summed E-state index contributed by atoms with van der Waals surface area (Å²) in [5, 5.41) is 2.95. The number of carbonyl (C=O) groups excluding carboxylic acids is 2. The molecule has 2 aromatic rings. The molecular weight excluding hydrogens is 500 g/mol. The largest absolute Gasteiger partial charge is 0.352 e. The van der Waals surface area contributed by atoms with Gasteiger partial charge in [-0.25, -0.2) is 17.2 Å². The van der Waals surface area contributed by atoms with Crippen LogP contribution in [0.2, 0.25) is 0 Å². The second kappa shape index (κ2) is 14.1. The maximum atomic E-state index is 13.7. The number of benzene rings is 2. The van der Waals surface area contributed by atoms with Crippen LogP contribution in [0.3, 0.4) is 0 Å². The normalized spacial score (nSPS) is 13.0. The molecule has 10 heteroatoms. The third-order valence-corrected chi connectivity index (χ3v) is 7.41. The number of halogens is 2. The van der Waals surface area contributed by atoms with Crippen LogP contribution in [0.25, 0.3) is 0 Å². The van der Waals surface area contributed by atoms with Gasteiger partial charge in [-0.2, -0.15) is 0 Å². The second-order valence-corrected chi connectivity index (χ2v) is 11.0. The predicted octanol–water partition coefficient (Wildman–Crippen LogP) is 4.28. The van der Waals surface area contributed by atoms with Gasteiger partial charge in [-0.05, 0) is 50.3 Å². The first-order valence-electron chi connectivity index (χ1n) is 12.5. The molecule has 0 fully saturated rings. The van der Waals surface area contributed by atoms with E-state index in [4.69, 9.17) is 0 Å². The summed E-state index contributed by atoms with van der Waals surface area (Å²) in [6, 6.07) is 11.8. The average molecular weight is 538 g/mol. The van der Waals surface area contributed by atoms with E-state index in [1.807, 2.05) is 51.1 Å². The van der Waals surface area contributed by atoms with Gasteiger partial charge in [0.15, 0.2) is 11.6 Å². The van der Waals surface area contributed by atoms with Crippen LogP contribution >= 0.6 is 0 Å². The molecule has 0 spiro atoms. The van der Waals surface area contributed by atoms with E-state index in [0.29, 0.717) is 19.4 Å². The molecule has 2 amide bonds. The fourth-order valence-electron chi connectivity index (χ4n) is 3.98. The first-order chi connectivity index (χ1) is 17.5. The zero-order chi connectivity index (χ0) is 27.6. The standard InChI is InChI=1S/C27H37F2N3O4S/c1-5-20(3)30-27(34)25(6-2)31(18-16-21-11-8-7-9-12-21)26(33)13-10-17-32(37(4,35)36)22-14-15-23(28)24(29)19-22/h7-9,11-12,14-15,19-20,25H,5-6,10,13,16-18H2,1-4H3,(H,30,34)/t20-,25+/m0/s1. The maximum Gasteiger partial charge on any atom is 0.243 e. The van der Waals surface area contributed by atoms with Gasteiger partial charge in [-0.15, -0.1) is 0 Å². The van der Waals surface area contributed by atoms with Crippen LogP contribution in [0.5, 0.6) is 0 Å². The quantitative estimate of drug-likeness (QED) is 0.390. The van der Waals surface area contributed by atoms with Crippen molar-refractivity contribution in [2.24, 2.45) is 0 Å². The van der Waals surface area contributed by atoms with Crippen molar-refractivity contribution < 1.29 is 26.8 Å². The molecule has 204 valence electrons. The van der Waals surface area contributed by atoms with E-state index >= 15 is 0 Å². The molecule has 0 bridgehead atoms. The second-order valence-electron chi connectivity index (χ2n) is 9.10. The molecule has 0 aliphatic heterocycles. The van der Waals surface area contributed by atoms with Gasteiger partial charge in [0.05, 0.1) is 11.9 Å². The van der Waals surface area contributed by atoms with E-state index in [1.165, 1.54) is 6.07 Å². The van der Waals surface area contributed by atoms with Crippen LogP contribution in [0.4, 0.5) is 14.5 Å². The van der Waals surface area contributed by atoms with Gasteiger partial charge < -0.3 is 10.2 Å². The highest BCUT2D eigenvalue weighted by molar-refractivity contribution is 7.92. The van der Waals surface area contributed by atoms with Crippen molar-refractivity contribution in [1.29, 1.82) is 0 Å². The minimum absolute atomic E-state index is 0.0163. The van der Waals surface area contributed by atoms with Crippen molar-refractivity contribution in [1.82, 2.24) is 10.2 Å². The highest BCUT2D eigenvalue weighted by atomic mass is 32.2. The Bertz CT molecular complexity index is 1150. The number of hydrogen-bond acceptors (Lipinski definition) is 4. The number of carbonyl (C=O) groups is 2. The molecule has 0 aliphatic rings. The maximum absolute atomic E-state index is 13.7. The van der Waals surface area contributed by atoms with Crippen LogP contribution in [-0.4, -0.2) is 56.6 Å². The Kier molecular flexibility index (Phi) is 11.5. The van der Waals surface area contributed by atoms with Crippen molar-refractivity contribution >= 4 is 27.5 Å². The number of anilines is 1. The molecule has 2 atom stereocenters. The Morgan fingerprint density at radius 3 is 2.22 bits per heavy atom. The number of amides is 2. The van der Waals surface area contributed by atoms with Crippen molar-refractivity contribution in [2.45, 2.75) is 65.0 Å². The van der Waals surface area contributed by atoms with Gasteiger partial charge >= 0.3 is 0 Å². The Balaban J connectivity index is 2.18. The summed E-state index contributed by atoms with van der Waals surface area (Å²) in [5.74, 6) is -2.74. The minimum Gasteiger partial charge on any atom is -0.352 e. The Morgan fingerprint density at radius 2 is 1.65 bits per heavy atom. The van der Waals surface area contributed by atoms with Crippen molar-refractivity contribution in [2.75, 3.05) is 23.7 Å². The molecule has 0 heterocycles. The molecular formula is C27H37F2N3O4S. The molecule has 0 saturated heterocycles. The van der Waals surface area contributed by atoms with E-state index in [0.717, 1.165) is 34.7 Å². The lowest BCUT2D eigenvalue weighted by Gasteiger charge is -2.32. The summed E-state index contributed by atoms with van der Waals surface area (Å²) in [5.41, 5.74) is 1.01. The van der Waals surface area contributed by atoms with E-state index in [1.54, 1.807) is 4.90 Å². The summed E-state index contributed by atoms with van der Waals surface area (Å²) in [7, 11) is -3.81. The molecule has 1 N–H and O–H groups in total. The predicted molar refractivity (Wildman–Crippen MR) is 142 cm³/mol. The zero-order valence-electron chi connectivity index (χ0n) is 21.9. The summed E-state index contributed by atoms with van der Waals surface area (Å²) in [4.78, 5) is 27.9.